The van der Waals surface area contributed by atoms with E-state index in [1.165, 1.54) is 6.42 Å². The molecule has 1 saturated heterocycles. The van der Waals surface area contributed by atoms with E-state index in [2.05, 4.69) is 12.2 Å². The Balaban J connectivity index is 1.92. The molecule has 0 aliphatic carbocycles. The van der Waals surface area contributed by atoms with E-state index in [0.29, 0.717) is 11.6 Å². The summed E-state index contributed by atoms with van der Waals surface area (Å²) in [6, 6.07) is 7.60. The number of hydrogen-bond donors (Lipinski definition) is 1. The fraction of sp³-hybridized carbons (Fsp3) is 0.500. The zero-order valence-electron chi connectivity index (χ0n) is 12.2. The maximum Gasteiger partial charge on any atom is 0.242 e. The molecule has 1 heterocycles. The van der Waals surface area contributed by atoms with Gasteiger partial charge in [-0.15, -0.1) is 0 Å². The van der Waals surface area contributed by atoms with Crippen LogP contribution in [0.4, 0.5) is 5.69 Å². The van der Waals surface area contributed by atoms with Gasteiger partial charge in [-0.3, -0.25) is 9.59 Å². The standard InChI is InChI=1S/C16H22N2O2/c1-12-6-3-4-9-18(12)16(20)11-17-15-8-5-7-14(10-15)13(2)19/h5,7-8,10,12,17H,3-4,6,9,11H2,1-2H3. The lowest BCUT2D eigenvalue weighted by Crippen LogP contribution is -2.44. The van der Waals surface area contributed by atoms with Crippen LogP contribution in [0.5, 0.6) is 0 Å². The summed E-state index contributed by atoms with van der Waals surface area (Å²) in [4.78, 5) is 25.5. The van der Waals surface area contributed by atoms with Crippen molar-refractivity contribution in [3.63, 3.8) is 0 Å². The first-order valence-electron chi connectivity index (χ1n) is 7.22. The van der Waals surface area contributed by atoms with E-state index < -0.39 is 0 Å². The second kappa shape index (κ2) is 6.55. The smallest absolute Gasteiger partial charge is 0.242 e. The molecule has 1 N–H and O–H groups in total. The Labute approximate surface area is 120 Å². The van der Waals surface area contributed by atoms with Gasteiger partial charge in [-0.25, -0.2) is 0 Å². The molecule has 0 bridgehead atoms. The molecule has 2 rings (SSSR count). The molecule has 1 aromatic rings. The minimum Gasteiger partial charge on any atom is -0.376 e. The Kier molecular flexibility index (Phi) is 4.77. The number of Topliss-reactive ketones (excluding diaryl/α,β-unsaturated/α-hetero) is 1. The van der Waals surface area contributed by atoms with Crippen molar-refractivity contribution in [1.82, 2.24) is 4.90 Å². The molecule has 0 spiro atoms. The summed E-state index contributed by atoms with van der Waals surface area (Å²) in [7, 11) is 0. The highest BCUT2D eigenvalue weighted by molar-refractivity contribution is 5.95. The maximum absolute atomic E-state index is 12.2. The molecule has 20 heavy (non-hydrogen) atoms. The summed E-state index contributed by atoms with van der Waals surface area (Å²) in [5.41, 5.74) is 1.48. The van der Waals surface area contributed by atoms with Crippen molar-refractivity contribution in [1.29, 1.82) is 0 Å². The summed E-state index contributed by atoms with van der Waals surface area (Å²) in [5.74, 6) is 0.162. The third-order valence-electron chi connectivity index (χ3n) is 3.84. The van der Waals surface area contributed by atoms with Crippen LogP contribution in [-0.4, -0.2) is 35.7 Å². The van der Waals surface area contributed by atoms with Gasteiger partial charge in [0.1, 0.15) is 0 Å². The van der Waals surface area contributed by atoms with Gasteiger partial charge in [-0.1, -0.05) is 12.1 Å². The number of ketones is 1. The lowest BCUT2D eigenvalue weighted by molar-refractivity contribution is -0.132. The highest BCUT2D eigenvalue weighted by Crippen LogP contribution is 2.17. The third-order valence-corrected chi connectivity index (χ3v) is 3.84. The number of hydrogen-bond acceptors (Lipinski definition) is 3. The predicted molar refractivity (Wildman–Crippen MR) is 80.0 cm³/mol. The predicted octanol–water partition coefficient (Wildman–Crippen LogP) is 2.70. The Hall–Kier alpha value is -1.84. The fourth-order valence-electron chi connectivity index (χ4n) is 2.60. The maximum atomic E-state index is 12.2. The fourth-order valence-corrected chi connectivity index (χ4v) is 2.60. The number of benzene rings is 1. The second-order valence-electron chi connectivity index (χ2n) is 5.42. The van der Waals surface area contributed by atoms with Crippen LogP contribution in [0.25, 0.3) is 0 Å². The van der Waals surface area contributed by atoms with Crippen molar-refractivity contribution in [2.24, 2.45) is 0 Å². The number of rotatable bonds is 4. The van der Waals surface area contributed by atoms with Crippen molar-refractivity contribution in [2.75, 3.05) is 18.4 Å². The first-order chi connectivity index (χ1) is 9.58. The first kappa shape index (κ1) is 14.6. The summed E-state index contributed by atoms with van der Waals surface area (Å²) in [6.07, 6.45) is 3.39. The van der Waals surface area contributed by atoms with Crippen LogP contribution in [0, 0.1) is 0 Å². The molecule has 1 atom stereocenters. The van der Waals surface area contributed by atoms with E-state index >= 15 is 0 Å². The lowest BCUT2D eigenvalue weighted by Gasteiger charge is -2.33. The molecule has 1 aliphatic rings. The number of carbonyl (C=O) groups excluding carboxylic acids is 2. The van der Waals surface area contributed by atoms with Gasteiger partial charge in [-0.05, 0) is 45.2 Å². The molecule has 1 unspecified atom stereocenters. The van der Waals surface area contributed by atoms with E-state index in [9.17, 15) is 9.59 Å². The van der Waals surface area contributed by atoms with Crippen LogP contribution in [-0.2, 0) is 4.79 Å². The Morgan fingerprint density at radius 2 is 2.15 bits per heavy atom. The Bertz CT molecular complexity index is 499. The van der Waals surface area contributed by atoms with Crippen LogP contribution in [0.3, 0.4) is 0 Å². The average molecular weight is 274 g/mol. The van der Waals surface area contributed by atoms with Gasteiger partial charge in [0.25, 0.3) is 0 Å². The lowest BCUT2D eigenvalue weighted by atomic mass is 10.0. The van der Waals surface area contributed by atoms with Crippen LogP contribution in [0.15, 0.2) is 24.3 Å². The summed E-state index contributed by atoms with van der Waals surface area (Å²) < 4.78 is 0. The number of nitrogens with one attached hydrogen (secondary N) is 1. The van der Waals surface area contributed by atoms with Gasteiger partial charge < -0.3 is 10.2 Å². The molecule has 0 saturated carbocycles. The molecule has 0 radical (unpaired) electrons. The quantitative estimate of drug-likeness (QED) is 0.859. The summed E-state index contributed by atoms with van der Waals surface area (Å²) in [5, 5.41) is 3.11. The van der Waals surface area contributed by atoms with Gasteiger partial charge in [0.15, 0.2) is 5.78 Å². The van der Waals surface area contributed by atoms with Gasteiger partial charge in [0, 0.05) is 23.8 Å². The largest absolute Gasteiger partial charge is 0.376 e. The third kappa shape index (κ3) is 3.59. The van der Waals surface area contributed by atoms with Crippen molar-refractivity contribution in [2.45, 2.75) is 39.2 Å². The molecular formula is C16H22N2O2. The van der Waals surface area contributed by atoms with E-state index in [4.69, 9.17) is 0 Å². The van der Waals surface area contributed by atoms with E-state index in [1.54, 1.807) is 19.1 Å². The van der Waals surface area contributed by atoms with Crippen LogP contribution >= 0.6 is 0 Å². The Morgan fingerprint density at radius 3 is 2.85 bits per heavy atom. The first-order valence-corrected chi connectivity index (χ1v) is 7.22. The molecule has 4 heteroatoms. The molecule has 0 aromatic heterocycles. The molecule has 1 amide bonds. The van der Waals surface area contributed by atoms with Gasteiger partial charge >= 0.3 is 0 Å². The number of likely N-dealkylation sites (tertiary alicyclic amines) is 1. The minimum atomic E-state index is 0.0321. The van der Waals surface area contributed by atoms with Crippen molar-refractivity contribution in [3.8, 4) is 0 Å². The number of amides is 1. The highest BCUT2D eigenvalue weighted by atomic mass is 16.2. The number of nitrogens with zero attached hydrogens (tertiary/aromatic N) is 1. The van der Waals surface area contributed by atoms with E-state index in [1.807, 2.05) is 17.0 Å². The average Bonchev–Trinajstić information content (AvgIpc) is 2.45. The topological polar surface area (TPSA) is 49.4 Å². The second-order valence-corrected chi connectivity index (χ2v) is 5.42. The molecule has 4 nitrogen and oxygen atoms in total. The minimum absolute atomic E-state index is 0.0321. The molecule has 1 aromatic carbocycles. The van der Waals surface area contributed by atoms with Gasteiger partial charge in [0.2, 0.25) is 5.91 Å². The molecular weight excluding hydrogens is 252 g/mol. The van der Waals surface area contributed by atoms with E-state index in [0.717, 1.165) is 25.1 Å². The van der Waals surface area contributed by atoms with Crippen molar-refractivity contribution >= 4 is 17.4 Å². The zero-order valence-corrected chi connectivity index (χ0v) is 12.2. The highest BCUT2D eigenvalue weighted by Gasteiger charge is 2.22. The van der Waals surface area contributed by atoms with Gasteiger partial charge in [-0.2, -0.15) is 0 Å². The van der Waals surface area contributed by atoms with Gasteiger partial charge in [0.05, 0.1) is 6.54 Å². The summed E-state index contributed by atoms with van der Waals surface area (Å²) in [6.45, 7) is 4.79. The molecule has 1 aliphatic heterocycles. The monoisotopic (exact) mass is 274 g/mol. The van der Waals surface area contributed by atoms with E-state index in [-0.39, 0.29) is 18.2 Å². The number of anilines is 1. The number of piperidine rings is 1. The zero-order chi connectivity index (χ0) is 14.5. The van der Waals surface area contributed by atoms with Crippen LogP contribution in [0.2, 0.25) is 0 Å². The van der Waals surface area contributed by atoms with Crippen LogP contribution < -0.4 is 5.32 Å². The summed E-state index contributed by atoms with van der Waals surface area (Å²) >= 11 is 0. The molecule has 1 fully saturated rings. The molecule has 108 valence electrons. The SMILES string of the molecule is CC(=O)c1cccc(NCC(=O)N2CCCCC2C)c1. The van der Waals surface area contributed by atoms with Crippen LogP contribution in [0.1, 0.15) is 43.5 Å². The number of carbonyl (C=O) groups is 2. The van der Waals surface area contributed by atoms with Crippen molar-refractivity contribution in [3.05, 3.63) is 29.8 Å². The normalized spacial score (nSPS) is 18.7. The van der Waals surface area contributed by atoms with Crippen molar-refractivity contribution < 1.29 is 9.59 Å². The Morgan fingerprint density at radius 1 is 1.35 bits per heavy atom.